The fourth-order valence-corrected chi connectivity index (χ4v) is 2.30. The van der Waals surface area contributed by atoms with Gasteiger partial charge in [0.1, 0.15) is 0 Å². The van der Waals surface area contributed by atoms with Gasteiger partial charge in [-0.25, -0.2) is 9.37 Å². The van der Waals surface area contributed by atoms with E-state index in [1.165, 1.54) is 0 Å². The Hall–Kier alpha value is -3.99. The molecule has 0 saturated heterocycles. The van der Waals surface area contributed by atoms with E-state index < -0.39 is 11.7 Å². The summed E-state index contributed by atoms with van der Waals surface area (Å²) in [5.41, 5.74) is 7.70. The van der Waals surface area contributed by atoms with Gasteiger partial charge in [-0.2, -0.15) is 10.2 Å². The first-order valence-electron chi connectivity index (χ1n) is 7.97. The van der Waals surface area contributed by atoms with E-state index in [0.717, 1.165) is 11.8 Å². The standard InChI is InChI=1S/C19H15FN6O/c20-16-11-23-19(25-15-7-3-13(4-8-15)17(22)27)26-18(16)24-14-5-1-12(2-6-14)9-10-21/h1-8,11H,9H2,(H2,22,27)(H2,23,24,25,26). The maximum atomic E-state index is 14.0. The molecule has 7 nitrogen and oxygen atoms in total. The van der Waals surface area contributed by atoms with Crippen molar-refractivity contribution in [3.8, 4) is 6.07 Å². The number of nitrogens with two attached hydrogens (primary N) is 1. The number of halogens is 1. The van der Waals surface area contributed by atoms with Crippen molar-refractivity contribution in [2.75, 3.05) is 10.6 Å². The molecule has 3 rings (SSSR count). The highest BCUT2D eigenvalue weighted by Gasteiger charge is 2.08. The number of amides is 1. The number of nitrogens with zero attached hydrogens (tertiary/aromatic N) is 3. The smallest absolute Gasteiger partial charge is 0.248 e. The number of anilines is 4. The van der Waals surface area contributed by atoms with Crippen molar-refractivity contribution in [1.82, 2.24) is 9.97 Å². The zero-order chi connectivity index (χ0) is 19.2. The lowest BCUT2D eigenvalue weighted by Crippen LogP contribution is -2.10. The number of nitriles is 1. The van der Waals surface area contributed by atoms with Crippen LogP contribution in [0.4, 0.5) is 27.5 Å². The maximum Gasteiger partial charge on any atom is 0.248 e. The SMILES string of the molecule is N#CCc1ccc(Nc2nc(Nc3ccc(C(N)=O)cc3)ncc2F)cc1. The Balaban J connectivity index is 1.75. The average Bonchev–Trinajstić information content (AvgIpc) is 2.67. The number of carbonyl (C=O) groups excluding carboxylic acids is 1. The average molecular weight is 362 g/mol. The quantitative estimate of drug-likeness (QED) is 0.620. The minimum Gasteiger partial charge on any atom is -0.366 e. The summed E-state index contributed by atoms with van der Waals surface area (Å²) in [6, 6.07) is 15.5. The van der Waals surface area contributed by atoms with Crippen molar-refractivity contribution in [3.05, 3.63) is 71.7 Å². The van der Waals surface area contributed by atoms with Crippen LogP contribution in [-0.2, 0) is 6.42 Å². The molecular formula is C19H15FN6O. The van der Waals surface area contributed by atoms with E-state index in [-0.39, 0.29) is 11.8 Å². The van der Waals surface area contributed by atoms with E-state index in [4.69, 9.17) is 11.0 Å². The van der Waals surface area contributed by atoms with Gasteiger partial charge in [-0.3, -0.25) is 4.79 Å². The molecule has 3 aromatic rings. The highest BCUT2D eigenvalue weighted by Crippen LogP contribution is 2.21. The van der Waals surface area contributed by atoms with Crippen molar-refractivity contribution < 1.29 is 9.18 Å². The number of rotatable bonds is 6. The number of carbonyl (C=O) groups is 1. The third-order valence-electron chi connectivity index (χ3n) is 3.67. The van der Waals surface area contributed by atoms with Crippen LogP contribution in [0.25, 0.3) is 0 Å². The van der Waals surface area contributed by atoms with Gasteiger partial charge >= 0.3 is 0 Å². The number of benzene rings is 2. The molecule has 0 atom stereocenters. The van der Waals surface area contributed by atoms with Crippen molar-refractivity contribution >= 4 is 29.0 Å². The van der Waals surface area contributed by atoms with Gasteiger partial charge in [-0.05, 0) is 42.0 Å². The molecule has 0 aliphatic carbocycles. The van der Waals surface area contributed by atoms with Crippen LogP contribution < -0.4 is 16.4 Å². The summed E-state index contributed by atoms with van der Waals surface area (Å²) >= 11 is 0. The summed E-state index contributed by atoms with van der Waals surface area (Å²) < 4.78 is 14.0. The lowest BCUT2D eigenvalue weighted by Gasteiger charge is -2.10. The summed E-state index contributed by atoms with van der Waals surface area (Å²) in [4.78, 5) is 19.1. The van der Waals surface area contributed by atoms with Crippen LogP contribution in [0.15, 0.2) is 54.7 Å². The Bertz CT molecular complexity index is 996. The molecule has 0 spiro atoms. The fraction of sp³-hybridized carbons (Fsp3) is 0.0526. The van der Waals surface area contributed by atoms with Gasteiger partial charge < -0.3 is 16.4 Å². The second-order valence-electron chi connectivity index (χ2n) is 5.61. The van der Waals surface area contributed by atoms with Crippen LogP contribution in [0, 0.1) is 17.1 Å². The minimum absolute atomic E-state index is 0.00860. The van der Waals surface area contributed by atoms with Gasteiger partial charge in [0.15, 0.2) is 11.6 Å². The van der Waals surface area contributed by atoms with E-state index >= 15 is 0 Å². The first kappa shape index (κ1) is 17.8. The summed E-state index contributed by atoms with van der Waals surface area (Å²) in [5, 5.41) is 14.5. The molecule has 8 heteroatoms. The molecule has 0 bridgehead atoms. The lowest BCUT2D eigenvalue weighted by atomic mass is 10.1. The molecule has 4 N–H and O–H groups in total. The second kappa shape index (κ2) is 7.93. The lowest BCUT2D eigenvalue weighted by molar-refractivity contribution is 0.100. The van der Waals surface area contributed by atoms with Crippen LogP contribution in [0.5, 0.6) is 0 Å². The molecule has 0 radical (unpaired) electrons. The Kier molecular flexibility index (Phi) is 5.23. The minimum atomic E-state index is -0.606. The van der Waals surface area contributed by atoms with Crippen LogP contribution in [0.3, 0.4) is 0 Å². The molecule has 1 aromatic heterocycles. The summed E-state index contributed by atoms with van der Waals surface area (Å²) in [6.07, 6.45) is 1.37. The van der Waals surface area contributed by atoms with Gasteiger partial charge in [0, 0.05) is 16.9 Å². The number of nitrogens with one attached hydrogen (secondary N) is 2. The largest absolute Gasteiger partial charge is 0.366 e. The van der Waals surface area contributed by atoms with Gasteiger partial charge in [0.2, 0.25) is 11.9 Å². The van der Waals surface area contributed by atoms with Crippen molar-refractivity contribution in [2.45, 2.75) is 6.42 Å². The van der Waals surface area contributed by atoms with E-state index in [2.05, 4.69) is 26.7 Å². The predicted molar refractivity (Wildman–Crippen MR) is 99.3 cm³/mol. The zero-order valence-corrected chi connectivity index (χ0v) is 14.1. The Labute approximate surface area is 154 Å². The molecule has 2 aromatic carbocycles. The Morgan fingerprint density at radius 2 is 1.70 bits per heavy atom. The molecular weight excluding hydrogens is 347 g/mol. The van der Waals surface area contributed by atoms with Crippen molar-refractivity contribution in [1.29, 1.82) is 5.26 Å². The van der Waals surface area contributed by atoms with Crippen molar-refractivity contribution in [3.63, 3.8) is 0 Å². The van der Waals surface area contributed by atoms with Crippen LogP contribution in [0.2, 0.25) is 0 Å². The molecule has 27 heavy (non-hydrogen) atoms. The van der Waals surface area contributed by atoms with E-state index in [9.17, 15) is 9.18 Å². The molecule has 1 heterocycles. The maximum absolute atomic E-state index is 14.0. The first-order chi connectivity index (χ1) is 13.0. The number of aromatic nitrogens is 2. The number of hydrogen-bond donors (Lipinski definition) is 3. The van der Waals surface area contributed by atoms with Crippen LogP contribution in [0.1, 0.15) is 15.9 Å². The van der Waals surface area contributed by atoms with Crippen LogP contribution >= 0.6 is 0 Å². The molecule has 0 saturated carbocycles. The van der Waals surface area contributed by atoms with E-state index in [1.807, 2.05) is 0 Å². The van der Waals surface area contributed by atoms with E-state index in [1.54, 1.807) is 48.5 Å². The Morgan fingerprint density at radius 3 is 2.33 bits per heavy atom. The fourth-order valence-electron chi connectivity index (χ4n) is 2.30. The number of hydrogen-bond acceptors (Lipinski definition) is 6. The topological polar surface area (TPSA) is 117 Å². The third-order valence-corrected chi connectivity index (χ3v) is 3.67. The van der Waals surface area contributed by atoms with Gasteiger partial charge in [-0.1, -0.05) is 12.1 Å². The third kappa shape index (κ3) is 4.55. The highest BCUT2D eigenvalue weighted by atomic mass is 19.1. The van der Waals surface area contributed by atoms with Gasteiger partial charge in [0.25, 0.3) is 0 Å². The summed E-state index contributed by atoms with van der Waals surface area (Å²) in [5.74, 6) is -0.932. The van der Waals surface area contributed by atoms with Gasteiger partial charge in [0.05, 0.1) is 18.7 Å². The Morgan fingerprint density at radius 1 is 1.07 bits per heavy atom. The molecule has 0 fully saturated rings. The normalized spacial score (nSPS) is 10.1. The van der Waals surface area contributed by atoms with Crippen molar-refractivity contribution in [2.24, 2.45) is 5.73 Å². The van der Waals surface area contributed by atoms with Gasteiger partial charge in [-0.15, -0.1) is 0 Å². The predicted octanol–water partition coefficient (Wildman–Crippen LogP) is 3.27. The summed E-state index contributed by atoms with van der Waals surface area (Å²) in [6.45, 7) is 0. The monoisotopic (exact) mass is 362 g/mol. The molecule has 0 unspecified atom stereocenters. The molecule has 0 aliphatic rings. The summed E-state index contributed by atoms with van der Waals surface area (Å²) in [7, 11) is 0. The second-order valence-corrected chi connectivity index (χ2v) is 5.61. The molecule has 0 aliphatic heterocycles. The molecule has 1 amide bonds. The zero-order valence-electron chi connectivity index (χ0n) is 14.1. The highest BCUT2D eigenvalue weighted by molar-refractivity contribution is 5.93. The number of primary amides is 1. The van der Waals surface area contributed by atoms with Crippen LogP contribution in [-0.4, -0.2) is 15.9 Å². The first-order valence-corrected chi connectivity index (χ1v) is 7.97. The van der Waals surface area contributed by atoms with E-state index in [0.29, 0.717) is 23.4 Å². The molecule has 134 valence electrons.